The number of carbonyl (C=O) groups is 3. The molecule has 0 saturated carbocycles. The number of nitrogens with zero attached hydrogens (tertiary/aromatic N) is 1. The van der Waals surface area contributed by atoms with Gasteiger partial charge in [0.15, 0.2) is 12.1 Å². The van der Waals surface area contributed by atoms with Crippen molar-refractivity contribution >= 4 is 17.9 Å². The van der Waals surface area contributed by atoms with Crippen molar-refractivity contribution in [1.29, 1.82) is 0 Å². The van der Waals surface area contributed by atoms with Crippen molar-refractivity contribution in [3.63, 3.8) is 0 Å². The van der Waals surface area contributed by atoms with Crippen LogP contribution in [0.15, 0.2) is 24.3 Å². The van der Waals surface area contributed by atoms with E-state index in [4.69, 9.17) is 14.2 Å². The molecule has 340 valence electrons. The van der Waals surface area contributed by atoms with Crippen molar-refractivity contribution in [1.82, 2.24) is 0 Å². The first-order valence-electron chi connectivity index (χ1n) is 24.4. The van der Waals surface area contributed by atoms with Gasteiger partial charge in [-0.05, 0) is 32.1 Å². The topological polar surface area (TPSA) is 99.1 Å². The van der Waals surface area contributed by atoms with E-state index >= 15 is 0 Å². The van der Waals surface area contributed by atoms with E-state index in [-0.39, 0.29) is 36.2 Å². The Bertz CT molecular complexity index is 1000. The molecular weight excluding hydrogens is 727 g/mol. The fourth-order valence-corrected chi connectivity index (χ4v) is 7.31. The fourth-order valence-electron chi connectivity index (χ4n) is 7.31. The van der Waals surface area contributed by atoms with Gasteiger partial charge in [-0.2, -0.15) is 0 Å². The van der Waals surface area contributed by atoms with Gasteiger partial charge in [0.05, 0.1) is 34.4 Å². The number of aliphatic carboxylic acids is 1. The summed E-state index contributed by atoms with van der Waals surface area (Å²) in [6.07, 6.45) is 46.7. The Morgan fingerprint density at radius 3 is 1.34 bits per heavy atom. The van der Waals surface area contributed by atoms with Crippen LogP contribution in [0.1, 0.15) is 226 Å². The highest BCUT2D eigenvalue weighted by Gasteiger charge is 2.31. The molecule has 0 radical (unpaired) electrons. The number of carboxylic acids is 1. The van der Waals surface area contributed by atoms with Gasteiger partial charge >= 0.3 is 17.9 Å². The minimum Gasteiger partial charge on any atom is -0.477 e. The predicted octanol–water partition coefficient (Wildman–Crippen LogP) is 13.6. The summed E-state index contributed by atoms with van der Waals surface area (Å²) in [5.41, 5.74) is 0. The smallest absolute Gasteiger partial charge is 0.362 e. The summed E-state index contributed by atoms with van der Waals surface area (Å²) >= 11 is 0. The van der Waals surface area contributed by atoms with E-state index < -0.39 is 18.1 Å². The van der Waals surface area contributed by atoms with Gasteiger partial charge in [0.2, 0.25) is 0 Å². The molecular formula is C50H94NO7+. The summed E-state index contributed by atoms with van der Waals surface area (Å²) < 4.78 is 17.3. The Hall–Kier alpha value is -2.19. The summed E-state index contributed by atoms with van der Waals surface area (Å²) in [7, 11) is 5.53. The molecule has 8 nitrogen and oxygen atoms in total. The SMILES string of the molecule is CCCC/C=C/C=C/CCCCCC(=O)OCC(COCCC(C(=O)O)[N+](C)(C)C)OC(=O)CCCCCCCCCCCCCCCCCCCCCCCCC. The molecule has 2 atom stereocenters. The molecule has 0 bridgehead atoms. The van der Waals surface area contributed by atoms with Crippen molar-refractivity contribution in [2.45, 2.75) is 238 Å². The lowest BCUT2D eigenvalue weighted by molar-refractivity contribution is -0.887. The highest BCUT2D eigenvalue weighted by atomic mass is 16.6. The zero-order chi connectivity index (χ0) is 42.8. The molecule has 0 aromatic heterocycles. The van der Waals surface area contributed by atoms with Crippen molar-refractivity contribution in [3.05, 3.63) is 24.3 Å². The number of hydrogen-bond acceptors (Lipinski definition) is 6. The molecule has 0 aromatic rings. The molecule has 0 fully saturated rings. The van der Waals surface area contributed by atoms with Gasteiger partial charge in [0.25, 0.3) is 0 Å². The number of rotatable bonds is 44. The summed E-state index contributed by atoms with van der Waals surface area (Å²) in [5.74, 6) is -1.49. The summed E-state index contributed by atoms with van der Waals surface area (Å²) in [5, 5.41) is 9.62. The lowest BCUT2D eigenvalue weighted by Gasteiger charge is -2.31. The highest BCUT2D eigenvalue weighted by Crippen LogP contribution is 2.16. The average Bonchev–Trinajstić information content (AvgIpc) is 3.18. The van der Waals surface area contributed by atoms with E-state index in [9.17, 15) is 19.5 Å². The number of carboxylic acid groups (broad SMARTS) is 1. The number of unbranched alkanes of at least 4 members (excludes halogenated alkanes) is 27. The molecule has 58 heavy (non-hydrogen) atoms. The van der Waals surface area contributed by atoms with Gasteiger partial charge in [-0.1, -0.05) is 199 Å². The molecule has 2 unspecified atom stereocenters. The van der Waals surface area contributed by atoms with Crippen LogP contribution < -0.4 is 0 Å². The number of allylic oxidation sites excluding steroid dienone is 4. The van der Waals surface area contributed by atoms with Crippen LogP contribution in [0, 0.1) is 0 Å². The largest absolute Gasteiger partial charge is 0.477 e. The second kappa shape index (κ2) is 41.5. The molecule has 0 aromatic carbocycles. The Labute approximate surface area is 358 Å². The van der Waals surface area contributed by atoms with Crippen LogP contribution in [0.3, 0.4) is 0 Å². The standard InChI is InChI=1S/C50H93NO7/c1-6-8-10-12-14-16-18-19-20-21-22-23-24-25-26-27-28-29-31-33-35-37-39-41-49(53)58-46(44-56-43-42-47(50(54)55)51(3,4)5)45-57-48(52)40-38-36-34-32-30-17-15-13-11-9-7-2/h13,15,17,30,46-47H,6-12,14,16,18-29,31-45H2,1-5H3/p+1/b15-13+,30-17+. The van der Waals surface area contributed by atoms with Crippen molar-refractivity contribution in [3.8, 4) is 0 Å². The predicted molar refractivity (Wildman–Crippen MR) is 243 cm³/mol. The van der Waals surface area contributed by atoms with Gasteiger partial charge in [-0.15, -0.1) is 0 Å². The zero-order valence-corrected chi connectivity index (χ0v) is 38.8. The first-order chi connectivity index (χ1) is 28.1. The van der Waals surface area contributed by atoms with E-state index in [1.165, 1.54) is 141 Å². The monoisotopic (exact) mass is 821 g/mol. The molecule has 0 amide bonds. The second-order valence-electron chi connectivity index (χ2n) is 17.8. The molecule has 1 N–H and O–H groups in total. The Morgan fingerprint density at radius 1 is 0.517 bits per heavy atom. The zero-order valence-electron chi connectivity index (χ0n) is 38.8. The van der Waals surface area contributed by atoms with Crippen LogP contribution in [0.25, 0.3) is 0 Å². The lowest BCUT2D eigenvalue weighted by Crippen LogP contribution is -2.50. The van der Waals surface area contributed by atoms with Crippen LogP contribution in [-0.4, -0.2) is 80.6 Å². The number of ether oxygens (including phenoxy) is 3. The maximum absolute atomic E-state index is 12.8. The third-order valence-electron chi connectivity index (χ3n) is 11.1. The van der Waals surface area contributed by atoms with Crippen LogP contribution in [0.5, 0.6) is 0 Å². The molecule has 0 aliphatic carbocycles. The molecule has 8 heteroatoms. The molecule has 0 aliphatic heterocycles. The van der Waals surface area contributed by atoms with E-state index in [0.29, 0.717) is 19.3 Å². The molecule has 0 rings (SSSR count). The molecule has 0 heterocycles. The Kier molecular flexibility index (Phi) is 40.0. The lowest BCUT2D eigenvalue weighted by atomic mass is 10.0. The van der Waals surface area contributed by atoms with Crippen LogP contribution in [0.2, 0.25) is 0 Å². The van der Waals surface area contributed by atoms with E-state index in [1.54, 1.807) is 0 Å². The van der Waals surface area contributed by atoms with Gasteiger partial charge in [-0.3, -0.25) is 9.59 Å². The maximum Gasteiger partial charge on any atom is 0.362 e. The summed E-state index contributed by atoms with van der Waals surface area (Å²) in [6, 6.07) is -0.615. The molecule has 0 aliphatic rings. The number of quaternary nitrogens is 1. The van der Waals surface area contributed by atoms with Gasteiger partial charge in [0, 0.05) is 19.3 Å². The molecule has 0 spiro atoms. The van der Waals surface area contributed by atoms with E-state index in [0.717, 1.165) is 51.4 Å². The van der Waals surface area contributed by atoms with Crippen LogP contribution >= 0.6 is 0 Å². The van der Waals surface area contributed by atoms with Crippen molar-refractivity contribution in [2.75, 3.05) is 41.0 Å². The fraction of sp³-hybridized carbons (Fsp3) is 0.860. The van der Waals surface area contributed by atoms with Crippen molar-refractivity contribution in [2.24, 2.45) is 0 Å². The minimum atomic E-state index is -0.876. The van der Waals surface area contributed by atoms with Gasteiger partial charge < -0.3 is 23.8 Å². The number of esters is 2. The molecule has 0 saturated heterocycles. The third kappa shape index (κ3) is 39.3. The Morgan fingerprint density at radius 2 is 0.914 bits per heavy atom. The first-order valence-corrected chi connectivity index (χ1v) is 24.4. The van der Waals surface area contributed by atoms with Crippen molar-refractivity contribution < 1.29 is 38.2 Å². The van der Waals surface area contributed by atoms with Crippen LogP contribution in [0.4, 0.5) is 0 Å². The quantitative estimate of drug-likeness (QED) is 0.0283. The number of hydrogen-bond donors (Lipinski definition) is 1. The van der Waals surface area contributed by atoms with E-state index in [2.05, 4.69) is 38.2 Å². The average molecular weight is 821 g/mol. The van der Waals surface area contributed by atoms with E-state index in [1.807, 2.05) is 21.1 Å². The van der Waals surface area contributed by atoms with Crippen LogP contribution in [-0.2, 0) is 28.6 Å². The summed E-state index contributed by atoms with van der Waals surface area (Å²) in [4.78, 5) is 37.0. The number of likely N-dealkylation sites (N-methyl/N-ethyl adjacent to an activating group) is 1. The highest BCUT2D eigenvalue weighted by molar-refractivity contribution is 5.72. The van der Waals surface area contributed by atoms with Gasteiger partial charge in [0.1, 0.15) is 6.61 Å². The minimum absolute atomic E-state index is 0.0567. The van der Waals surface area contributed by atoms with Gasteiger partial charge in [-0.25, -0.2) is 4.79 Å². The Balaban J connectivity index is 4.16. The normalized spacial score (nSPS) is 13.1. The number of carbonyl (C=O) groups excluding carboxylic acids is 2. The maximum atomic E-state index is 12.8. The summed E-state index contributed by atoms with van der Waals surface area (Å²) in [6.45, 7) is 4.68. The third-order valence-corrected chi connectivity index (χ3v) is 11.1. The second-order valence-corrected chi connectivity index (χ2v) is 17.8. The first kappa shape index (κ1) is 55.8.